The first-order valence-electron chi connectivity index (χ1n) is 7.40. The van der Waals surface area contributed by atoms with Gasteiger partial charge in [-0.25, -0.2) is 0 Å². The first-order chi connectivity index (χ1) is 9.54. The van der Waals surface area contributed by atoms with Crippen LogP contribution in [-0.2, 0) is 4.74 Å². The zero-order chi connectivity index (χ0) is 14.5. The van der Waals surface area contributed by atoms with Crippen LogP contribution in [0.3, 0.4) is 0 Å². The van der Waals surface area contributed by atoms with Gasteiger partial charge in [0.2, 0.25) is 5.88 Å². The van der Waals surface area contributed by atoms with Crippen molar-refractivity contribution in [1.29, 1.82) is 0 Å². The van der Waals surface area contributed by atoms with Crippen molar-refractivity contribution in [3.8, 4) is 5.88 Å². The summed E-state index contributed by atoms with van der Waals surface area (Å²) in [4.78, 5) is 10.9. The Hall–Kier alpha value is -1.36. The molecule has 0 radical (unpaired) electrons. The van der Waals surface area contributed by atoms with E-state index in [0.717, 1.165) is 31.9 Å². The second-order valence-corrected chi connectivity index (χ2v) is 5.97. The average molecular weight is 279 g/mol. The van der Waals surface area contributed by atoms with E-state index < -0.39 is 0 Å². The van der Waals surface area contributed by atoms with Crippen LogP contribution in [0.4, 0.5) is 5.82 Å². The minimum absolute atomic E-state index is 0.111. The van der Waals surface area contributed by atoms with Gasteiger partial charge in [0.05, 0.1) is 24.6 Å². The molecule has 0 spiro atoms. The molecule has 0 N–H and O–H groups in total. The SMILES string of the molecule is CC(C)COC1CCN(c2cncc(OC(C)C)n2)C1. The summed E-state index contributed by atoms with van der Waals surface area (Å²) >= 11 is 0. The average Bonchev–Trinajstić information content (AvgIpc) is 2.84. The summed E-state index contributed by atoms with van der Waals surface area (Å²) in [6, 6.07) is 0. The smallest absolute Gasteiger partial charge is 0.234 e. The van der Waals surface area contributed by atoms with Crippen LogP contribution in [0.1, 0.15) is 34.1 Å². The van der Waals surface area contributed by atoms with E-state index in [9.17, 15) is 0 Å². The van der Waals surface area contributed by atoms with E-state index >= 15 is 0 Å². The maximum absolute atomic E-state index is 5.89. The summed E-state index contributed by atoms with van der Waals surface area (Å²) in [6.07, 6.45) is 4.91. The summed E-state index contributed by atoms with van der Waals surface area (Å²) in [6.45, 7) is 11.0. The molecule has 0 amide bonds. The third kappa shape index (κ3) is 4.34. The molecule has 0 saturated carbocycles. The lowest BCUT2D eigenvalue weighted by Gasteiger charge is -2.18. The second-order valence-electron chi connectivity index (χ2n) is 5.97. The van der Waals surface area contributed by atoms with Crippen LogP contribution in [0.25, 0.3) is 0 Å². The largest absolute Gasteiger partial charge is 0.474 e. The Balaban J connectivity index is 1.92. The molecule has 1 fully saturated rings. The first-order valence-corrected chi connectivity index (χ1v) is 7.40. The summed E-state index contributed by atoms with van der Waals surface area (Å²) in [7, 11) is 0. The van der Waals surface area contributed by atoms with Crippen LogP contribution in [-0.4, -0.2) is 41.9 Å². The van der Waals surface area contributed by atoms with Gasteiger partial charge in [-0.3, -0.25) is 4.98 Å². The molecular weight excluding hydrogens is 254 g/mol. The summed E-state index contributed by atoms with van der Waals surface area (Å²) < 4.78 is 11.5. The Morgan fingerprint density at radius 3 is 2.80 bits per heavy atom. The topological polar surface area (TPSA) is 47.5 Å². The molecule has 0 bridgehead atoms. The molecule has 5 heteroatoms. The van der Waals surface area contributed by atoms with Gasteiger partial charge in [0.15, 0.2) is 5.82 Å². The molecule has 2 heterocycles. The van der Waals surface area contributed by atoms with Crippen LogP contribution in [0, 0.1) is 5.92 Å². The van der Waals surface area contributed by atoms with Crippen molar-refractivity contribution in [2.75, 3.05) is 24.6 Å². The number of hydrogen-bond acceptors (Lipinski definition) is 5. The predicted molar refractivity (Wildman–Crippen MR) is 79.2 cm³/mol. The number of rotatable bonds is 6. The highest BCUT2D eigenvalue weighted by Gasteiger charge is 2.24. The third-order valence-electron chi connectivity index (χ3n) is 3.09. The van der Waals surface area contributed by atoms with Gasteiger partial charge in [0.1, 0.15) is 0 Å². The minimum atomic E-state index is 0.111. The van der Waals surface area contributed by atoms with Crippen molar-refractivity contribution in [2.45, 2.75) is 46.3 Å². The number of aromatic nitrogens is 2. The van der Waals surface area contributed by atoms with Gasteiger partial charge < -0.3 is 14.4 Å². The van der Waals surface area contributed by atoms with Gasteiger partial charge in [-0.1, -0.05) is 13.8 Å². The molecule has 1 aromatic heterocycles. The molecule has 1 aliphatic rings. The molecule has 1 unspecified atom stereocenters. The molecule has 2 rings (SSSR count). The van der Waals surface area contributed by atoms with Gasteiger partial charge in [-0.05, 0) is 26.2 Å². The van der Waals surface area contributed by atoms with Crippen LogP contribution in [0.15, 0.2) is 12.4 Å². The third-order valence-corrected chi connectivity index (χ3v) is 3.09. The van der Waals surface area contributed by atoms with Crippen molar-refractivity contribution < 1.29 is 9.47 Å². The quantitative estimate of drug-likeness (QED) is 0.800. The van der Waals surface area contributed by atoms with Gasteiger partial charge >= 0.3 is 0 Å². The standard InChI is InChI=1S/C15H25N3O2/c1-11(2)10-19-13-5-6-18(9-13)14-7-16-8-15(17-14)20-12(3)4/h7-8,11-13H,5-6,9-10H2,1-4H3. The van der Waals surface area contributed by atoms with E-state index in [2.05, 4.69) is 28.7 Å². The van der Waals surface area contributed by atoms with E-state index in [1.165, 1.54) is 0 Å². The van der Waals surface area contributed by atoms with E-state index in [1.807, 2.05) is 13.8 Å². The van der Waals surface area contributed by atoms with Gasteiger partial charge in [-0.2, -0.15) is 4.98 Å². The highest BCUT2D eigenvalue weighted by atomic mass is 16.5. The minimum Gasteiger partial charge on any atom is -0.474 e. The molecule has 1 aromatic rings. The van der Waals surface area contributed by atoms with E-state index in [4.69, 9.17) is 9.47 Å². The van der Waals surface area contributed by atoms with Gasteiger partial charge in [-0.15, -0.1) is 0 Å². The van der Waals surface area contributed by atoms with Crippen LogP contribution in [0.5, 0.6) is 5.88 Å². The van der Waals surface area contributed by atoms with Crippen molar-refractivity contribution in [1.82, 2.24) is 9.97 Å². The van der Waals surface area contributed by atoms with Crippen molar-refractivity contribution in [3.63, 3.8) is 0 Å². The van der Waals surface area contributed by atoms with E-state index in [1.54, 1.807) is 12.4 Å². The fraction of sp³-hybridized carbons (Fsp3) is 0.733. The Morgan fingerprint density at radius 2 is 2.10 bits per heavy atom. The maximum atomic E-state index is 5.89. The summed E-state index contributed by atoms with van der Waals surface area (Å²) in [5, 5.41) is 0. The Labute approximate surface area is 121 Å². The fourth-order valence-electron chi connectivity index (χ4n) is 2.19. The Kier molecular flexibility index (Phi) is 5.17. The lowest BCUT2D eigenvalue weighted by atomic mass is 10.2. The van der Waals surface area contributed by atoms with E-state index in [-0.39, 0.29) is 6.10 Å². The number of nitrogens with zero attached hydrogens (tertiary/aromatic N) is 3. The maximum Gasteiger partial charge on any atom is 0.234 e. The number of hydrogen-bond donors (Lipinski definition) is 0. The summed E-state index contributed by atoms with van der Waals surface area (Å²) in [5.74, 6) is 2.04. The normalized spacial score (nSPS) is 19.1. The van der Waals surface area contributed by atoms with Crippen LogP contribution in [0.2, 0.25) is 0 Å². The monoisotopic (exact) mass is 279 g/mol. The fourth-order valence-corrected chi connectivity index (χ4v) is 2.19. The second kappa shape index (κ2) is 6.88. The van der Waals surface area contributed by atoms with Gasteiger partial charge in [0.25, 0.3) is 0 Å². The number of anilines is 1. The molecule has 1 aliphatic heterocycles. The lowest BCUT2D eigenvalue weighted by Crippen LogP contribution is -2.25. The first kappa shape index (κ1) is 15.0. The zero-order valence-corrected chi connectivity index (χ0v) is 12.9. The highest BCUT2D eigenvalue weighted by Crippen LogP contribution is 2.21. The molecular formula is C15H25N3O2. The predicted octanol–water partition coefficient (Wildman–Crippen LogP) is 2.52. The molecule has 0 aliphatic carbocycles. The molecule has 112 valence electrons. The van der Waals surface area contributed by atoms with E-state index in [0.29, 0.717) is 17.9 Å². The summed E-state index contributed by atoms with van der Waals surface area (Å²) in [5.41, 5.74) is 0. The molecule has 5 nitrogen and oxygen atoms in total. The zero-order valence-electron chi connectivity index (χ0n) is 12.9. The van der Waals surface area contributed by atoms with Crippen LogP contribution < -0.4 is 9.64 Å². The lowest BCUT2D eigenvalue weighted by molar-refractivity contribution is 0.0497. The Bertz CT molecular complexity index is 423. The molecule has 1 atom stereocenters. The molecule has 1 saturated heterocycles. The van der Waals surface area contributed by atoms with Gasteiger partial charge in [0, 0.05) is 19.7 Å². The van der Waals surface area contributed by atoms with Crippen LogP contribution >= 0.6 is 0 Å². The van der Waals surface area contributed by atoms with Crippen molar-refractivity contribution in [3.05, 3.63) is 12.4 Å². The number of ether oxygens (including phenoxy) is 2. The Morgan fingerprint density at radius 1 is 1.30 bits per heavy atom. The van der Waals surface area contributed by atoms with Crippen molar-refractivity contribution >= 4 is 5.82 Å². The highest BCUT2D eigenvalue weighted by molar-refractivity contribution is 5.39. The van der Waals surface area contributed by atoms with Crippen molar-refractivity contribution in [2.24, 2.45) is 5.92 Å². The molecule has 20 heavy (non-hydrogen) atoms. The molecule has 0 aromatic carbocycles.